The molecule has 0 amide bonds. The Morgan fingerprint density at radius 1 is 1.05 bits per heavy atom. The van der Waals surface area contributed by atoms with Crippen LogP contribution in [0.25, 0.3) is 0 Å². The molecule has 1 aromatic rings. The molecule has 0 aliphatic carbocycles. The Hall–Kier alpha value is -0.865. The molecular weight excluding hydrogens is 242 g/mol. The van der Waals surface area contributed by atoms with Crippen LogP contribution >= 0.6 is 0 Å². The number of halogens is 1. The molecule has 1 heterocycles. The highest BCUT2D eigenvalue weighted by Gasteiger charge is 2.52. The summed E-state index contributed by atoms with van der Waals surface area (Å²) < 4.78 is 26.0. The molecule has 4 heteroatoms. The minimum absolute atomic E-state index is 0.0928. The van der Waals surface area contributed by atoms with E-state index in [2.05, 4.69) is 0 Å². The molecule has 1 saturated heterocycles. The molecule has 0 atom stereocenters. The van der Waals surface area contributed by atoms with Gasteiger partial charge >= 0.3 is 7.12 Å². The quantitative estimate of drug-likeness (QED) is 0.763. The van der Waals surface area contributed by atoms with Gasteiger partial charge in [0.2, 0.25) is 0 Å². The van der Waals surface area contributed by atoms with Crippen molar-refractivity contribution < 1.29 is 13.7 Å². The molecule has 0 unspecified atom stereocenters. The number of hydrogen-bond acceptors (Lipinski definition) is 2. The second-order valence-electron chi connectivity index (χ2n) is 6.49. The van der Waals surface area contributed by atoms with Crippen molar-refractivity contribution in [3.8, 4) is 0 Å². The molecule has 0 radical (unpaired) electrons. The van der Waals surface area contributed by atoms with Crippen LogP contribution in [-0.4, -0.2) is 18.3 Å². The van der Waals surface area contributed by atoms with E-state index in [1.165, 1.54) is 6.07 Å². The first-order valence-electron chi connectivity index (χ1n) is 6.79. The van der Waals surface area contributed by atoms with Crippen LogP contribution in [0.1, 0.15) is 53.0 Å². The Morgan fingerprint density at radius 3 is 2.05 bits per heavy atom. The van der Waals surface area contributed by atoms with Gasteiger partial charge in [0.15, 0.2) is 0 Å². The molecule has 104 valence electrons. The summed E-state index contributed by atoms with van der Waals surface area (Å²) in [4.78, 5) is 0. The van der Waals surface area contributed by atoms with Gasteiger partial charge in [-0.2, -0.15) is 0 Å². The van der Waals surface area contributed by atoms with Crippen LogP contribution < -0.4 is 5.46 Å². The first kappa shape index (κ1) is 14.5. The van der Waals surface area contributed by atoms with Crippen molar-refractivity contribution in [2.45, 2.75) is 58.7 Å². The fourth-order valence-electron chi connectivity index (χ4n) is 2.34. The Labute approximate surface area is 115 Å². The summed E-state index contributed by atoms with van der Waals surface area (Å²) in [5, 5.41) is 0. The third kappa shape index (κ3) is 2.44. The van der Waals surface area contributed by atoms with Gasteiger partial charge in [-0.25, -0.2) is 4.39 Å². The molecular formula is C15H22BFO2. The van der Waals surface area contributed by atoms with E-state index >= 15 is 0 Å². The normalized spacial score (nSPS) is 21.2. The molecule has 2 rings (SSSR count). The van der Waals surface area contributed by atoms with Gasteiger partial charge in [-0.1, -0.05) is 26.0 Å². The van der Waals surface area contributed by atoms with E-state index in [1.807, 2.05) is 47.6 Å². The van der Waals surface area contributed by atoms with E-state index in [0.29, 0.717) is 5.56 Å². The first-order chi connectivity index (χ1) is 8.66. The van der Waals surface area contributed by atoms with Crippen molar-refractivity contribution >= 4 is 12.6 Å². The van der Waals surface area contributed by atoms with Crippen molar-refractivity contribution in [1.82, 2.24) is 0 Å². The molecule has 1 fully saturated rings. The fraction of sp³-hybridized carbons (Fsp3) is 0.600. The number of benzene rings is 1. The lowest BCUT2D eigenvalue weighted by Gasteiger charge is -2.32. The highest BCUT2D eigenvalue weighted by atomic mass is 19.1. The minimum atomic E-state index is -0.502. The summed E-state index contributed by atoms with van der Waals surface area (Å²) in [5.41, 5.74) is 0.672. The number of hydrogen-bond donors (Lipinski definition) is 0. The van der Waals surface area contributed by atoms with E-state index in [1.54, 1.807) is 6.07 Å². The highest BCUT2D eigenvalue weighted by Crippen LogP contribution is 2.37. The predicted octanol–water partition coefficient (Wildman–Crippen LogP) is 3.25. The van der Waals surface area contributed by atoms with E-state index in [-0.39, 0.29) is 11.7 Å². The van der Waals surface area contributed by atoms with Crippen molar-refractivity contribution in [3.05, 3.63) is 29.6 Å². The Kier molecular flexibility index (Phi) is 3.52. The van der Waals surface area contributed by atoms with Crippen molar-refractivity contribution in [2.75, 3.05) is 0 Å². The van der Waals surface area contributed by atoms with Gasteiger partial charge in [0.25, 0.3) is 0 Å². The van der Waals surface area contributed by atoms with Gasteiger partial charge in [-0.15, -0.1) is 0 Å². The van der Waals surface area contributed by atoms with Gasteiger partial charge in [-0.05, 0) is 50.7 Å². The number of rotatable bonds is 2. The molecule has 1 aromatic carbocycles. The zero-order valence-corrected chi connectivity index (χ0v) is 12.6. The monoisotopic (exact) mass is 264 g/mol. The predicted molar refractivity (Wildman–Crippen MR) is 76.2 cm³/mol. The molecule has 1 aliphatic rings. The molecule has 0 saturated carbocycles. The summed E-state index contributed by atoms with van der Waals surface area (Å²) in [7, 11) is -0.502. The minimum Gasteiger partial charge on any atom is -0.399 e. The summed E-state index contributed by atoms with van der Waals surface area (Å²) in [6, 6.07) is 5.09. The summed E-state index contributed by atoms with van der Waals surface area (Å²) in [6.45, 7) is 12.0. The average Bonchev–Trinajstić information content (AvgIpc) is 2.47. The summed E-state index contributed by atoms with van der Waals surface area (Å²) in [5.74, 6) is -0.0996. The van der Waals surface area contributed by atoms with Gasteiger partial charge in [-0.3, -0.25) is 0 Å². The van der Waals surface area contributed by atoms with Crippen LogP contribution in [0.5, 0.6) is 0 Å². The van der Waals surface area contributed by atoms with Crippen molar-refractivity contribution in [3.63, 3.8) is 0 Å². The summed E-state index contributed by atoms with van der Waals surface area (Å²) in [6.07, 6.45) is 0. The Morgan fingerprint density at radius 2 is 1.58 bits per heavy atom. The largest absolute Gasteiger partial charge is 0.495 e. The lowest BCUT2D eigenvalue weighted by atomic mass is 9.73. The maximum atomic E-state index is 14.0. The first-order valence-corrected chi connectivity index (χ1v) is 6.79. The molecule has 0 N–H and O–H groups in total. The van der Waals surface area contributed by atoms with E-state index < -0.39 is 18.3 Å². The lowest BCUT2D eigenvalue weighted by Crippen LogP contribution is -2.41. The smallest absolute Gasteiger partial charge is 0.399 e. The topological polar surface area (TPSA) is 18.5 Å². The molecule has 0 spiro atoms. The van der Waals surface area contributed by atoms with Crippen LogP contribution in [-0.2, 0) is 9.31 Å². The average molecular weight is 264 g/mol. The Balaban J connectivity index is 2.43. The standard InChI is InChI=1S/C15H22BFO2/c1-10(2)13-11(8-7-9-12(13)17)16-18-14(3,4)15(5,6)19-16/h7-10H,1-6H3. The van der Waals surface area contributed by atoms with Gasteiger partial charge < -0.3 is 9.31 Å². The lowest BCUT2D eigenvalue weighted by molar-refractivity contribution is 0.00578. The van der Waals surface area contributed by atoms with Crippen LogP contribution in [0.4, 0.5) is 4.39 Å². The zero-order chi connectivity index (χ0) is 14.4. The molecule has 1 aliphatic heterocycles. The maximum Gasteiger partial charge on any atom is 0.495 e. The van der Waals surface area contributed by atoms with Crippen LogP contribution in [0, 0.1) is 5.82 Å². The van der Waals surface area contributed by atoms with Crippen LogP contribution in [0.15, 0.2) is 18.2 Å². The maximum absolute atomic E-state index is 14.0. The SMILES string of the molecule is CC(C)c1c(F)cccc1B1OC(C)(C)C(C)(C)O1. The molecule has 0 aromatic heterocycles. The third-order valence-electron chi connectivity index (χ3n) is 4.17. The second kappa shape index (κ2) is 4.60. The van der Waals surface area contributed by atoms with Gasteiger partial charge in [0.05, 0.1) is 11.2 Å². The van der Waals surface area contributed by atoms with Crippen LogP contribution in [0.3, 0.4) is 0 Å². The molecule has 0 bridgehead atoms. The van der Waals surface area contributed by atoms with E-state index in [0.717, 1.165) is 5.46 Å². The van der Waals surface area contributed by atoms with E-state index in [9.17, 15) is 4.39 Å². The van der Waals surface area contributed by atoms with Crippen LogP contribution in [0.2, 0.25) is 0 Å². The molecule has 19 heavy (non-hydrogen) atoms. The van der Waals surface area contributed by atoms with Gasteiger partial charge in [0.1, 0.15) is 5.82 Å². The van der Waals surface area contributed by atoms with Crippen molar-refractivity contribution in [1.29, 1.82) is 0 Å². The van der Waals surface area contributed by atoms with E-state index in [4.69, 9.17) is 9.31 Å². The second-order valence-corrected chi connectivity index (χ2v) is 6.49. The van der Waals surface area contributed by atoms with Crippen molar-refractivity contribution in [2.24, 2.45) is 0 Å². The van der Waals surface area contributed by atoms with Gasteiger partial charge in [0, 0.05) is 0 Å². The fourth-order valence-corrected chi connectivity index (χ4v) is 2.34. The highest BCUT2D eigenvalue weighted by molar-refractivity contribution is 6.62. The zero-order valence-electron chi connectivity index (χ0n) is 12.6. The molecule has 2 nitrogen and oxygen atoms in total. The third-order valence-corrected chi connectivity index (χ3v) is 4.17. The Bertz CT molecular complexity index is 467. The summed E-state index contributed by atoms with van der Waals surface area (Å²) >= 11 is 0.